The Labute approximate surface area is 199 Å². The lowest BCUT2D eigenvalue weighted by Crippen LogP contribution is -2.33. The Morgan fingerprint density at radius 2 is 1.33 bits per heavy atom. The quantitative estimate of drug-likeness (QED) is 0.241. The highest BCUT2D eigenvalue weighted by molar-refractivity contribution is 9.11. The van der Waals surface area contributed by atoms with Crippen LogP contribution in [0.5, 0.6) is 23.0 Å². The number of phenols is 2. The summed E-state index contributed by atoms with van der Waals surface area (Å²) in [4.78, 5) is 34.7. The summed E-state index contributed by atoms with van der Waals surface area (Å²) in [6.45, 7) is 0. The fraction of sp³-hybridized carbons (Fsp3) is 0.0500. The van der Waals surface area contributed by atoms with E-state index in [9.17, 15) is 35.2 Å². The second-order valence-electron chi connectivity index (χ2n) is 7.10. The van der Waals surface area contributed by atoms with E-state index >= 15 is 0 Å². The number of fused-ring (bicyclic) bond motifs is 6. The molecule has 2 heterocycles. The molecule has 2 aliphatic rings. The van der Waals surface area contributed by atoms with Crippen LogP contribution in [0.2, 0.25) is 0 Å². The smallest absolute Gasteiger partial charge is 0.354 e. The number of esters is 1. The molecule has 0 amide bonds. The number of benzene rings is 3. The monoisotopic (exact) mass is 578 g/mol. The normalized spacial score (nSPS) is 14.7. The number of nitrogens with zero attached hydrogens (tertiary/aromatic N) is 2. The minimum absolute atomic E-state index is 0.0448. The van der Waals surface area contributed by atoms with Crippen LogP contribution in [0.1, 0.15) is 27.0 Å². The Balaban J connectivity index is 2.03. The van der Waals surface area contributed by atoms with E-state index in [2.05, 4.69) is 31.9 Å². The lowest BCUT2D eigenvalue weighted by atomic mass is 9.77. The van der Waals surface area contributed by atoms with Crippen LogP contribution in [0.3, 0.4) is 0 Å². The average molecular weight is 580 g/mol. The first-order valence-corrected chi connectivity index (χ1v) is 10.6. The Morgan fingerprint density at radius 3 is 1.82 bits per heavy atom. The maximum Gasteiger partial charge on any atom is 0.354 e. The van der Waals surface area contributed by atoms with Gasteiger partial charge in [-0.15, -0.1) is 0 Å². The first kappa shape index (κ1) is 21.2. The Kier molecular flexibility index (Phi) is 4.42. The number of carbonyl (C=O) groups is 1. The zero-order valence-corrected chi connectivity index (χ0v) is 19.0. The largest absolute Gasteiger partial charge is 0.501 e. The first-order valence-electron chi connectivity index (χ1n) is 9.01. The van der Waals surface area contributed by atoms with Crippen LogP contribution in [0.4, 0.5) is 11.4 Å². The number of halogens is 2. The van der Waals surface area contributed by atoms with Crippen molar-refractivity contribution in [1.29, 1.82) is 0 Å². The van der Waals surface area contributed by atoms with Gasteiger partial charge in [-0.05, 0) is 50.1 Å². The summed E-state index contributed by atoms with van der Waals surface area (Å²) >= 11 is 6.15. The van der Waals surface area contributed by atoms with Crippen LogP contribution in [0.15, 0.2) is 45.3 Å². The van der Waals surface area contributed by atoms with Crippen molar-refractivity contribution >= 4 is 49.2 Å². The highest BCUT2D eigenvalue weighted by Gasteiger charge is 2.57. The molecule has 13 heteroatoms. The van der Waals surface area contributed by atoms with Gasteiger partial charge in [-0.25, -0.2) is 4.79 Å². The van der Waals surface area contributed by atoms with Crippen molar-refractivity contribution in [3.05, 3.63) is 87.8 Å². The summed E-state index contributed by atoms with van der Waals surface area (Å²) in [5.41, 5.74) is -3.41. The molecule has 0 unspecified atom stereocenters. The number of nitro benzene ring substituents is 2. The van der Waals surface area contributed by atoms with Gasteiger partial charge in [-0.2, -0.15) is 0 Å². The summed E-state index contributed by atoms with van der Waals surface area (Å²) in [5, 5.41) is 44.4. The minimum atomic E-state index is -1.90. The SMILES string of the molecule is O=C1OC2(c3ccccc31)c1cc(Br)c(O)c([N+](=O)[O-])c1Oc1c2cc(Br)c(O)c1[N+](=O)[O-]. The van der Waals surface area contributed by atoms with Gasteiger partial charge < -0.3 is 19.7 Å². The topological polar surface area (TPSA) is 162 Å². The summed E-state index contributed by atoms with van der Waals surface area (Å²) < 4.78 is 11.3. The maximum absolute atomic E-state index is 12.8. The molecule has 0 bridgehead atoms. The fourth-order valence-electron chi connectivity index (χ4n) is 4.15. The van der Waals surface area contributed by atoms with Crippen LogP contribution >= 0.6 is 31.9 Å². The van der Waals surface area contributed by atoms with Crippen molar-refractivity contribution in [2.75, 3.05) is 0 Å². The third-order valence-electron chi connectivity index (χ3n) is 5.46. The second-order valence-corrected chi connectivity index (χ2v) is 8.81. The highest BCUT2D eigenvalue weighted by atomic mass is 79.9. The summed E-state index contributed by atoms with van der Waals surface area (Å²) in [6, 6.07) is 8.77. The van der Waals surface area contributed by atoms with E-state index in [1.165, 1.54) is 24.3 Å². The zero-order chi connectivity index (χ0) is 23.8. The summed E-state index contributed by atoms with van der Waals surface area (Å²) in [6.07, 6.45) is 0. The highest BCUT2D eigenvalue weighted by Crippen LogP contribution is 2.63. The predicted molar refractivity (Wildman–Crippen MR) is 117 cm³/mol. The average Bonchev–Trinajstić information content (AvgIpc) is 3.05. The minimum Gasteiger partial charge on any atom is -0.501 e. The molecule has 11 nitrogen and oxygen atoms in total. The van der Waals surface area contributed by atoms with E-state index in [4.69, 9.17) is 9.47 Å². The fourth-order valence-corrected chi connectivity index (χ4v) is 4.98. The molecular weight excluding hydrogens is 572 g/mol. The summed E-state index contributed by atoms with van der Waals surface area (Å²) in [5.74, 6) is -3.49. The Hall–Kier alpha value is -3.71. The van der Waals surface area contributed by atoms with E-state index in [0.717, 1.165) is 0 Å². The molecule has 2 aliphatic heterocycles. The van der Waals surface area contributed by atoms with E-state index < -0.39 is 55.8 Å². The molecule has 3 aromatic rings. The lowest BCUT2D eigenvalue weighted by Gasteiger charge is -2.36. The van der Waals surface area contributed by atoms with E-state index in [1.54, 1.807) is 12.1 Å². The van der Waals surface area contributed by atoms with Crippen molar-refractivity contribution in [1.82, 2.24) is 0 Å². The third-order valence-corrected chi connectivity index (χ3v) is 6.67. The molecule has 5 rings (SSSR count). The van der Waals surface area contributed by atoms with Gasteiger partial charge in [0.25, 0.3) is 0 Å². The van der Waals surface area contributed by atoms with Gasteiger partial charge in [0.1, 0.15) is 0 Å². The van der Waals surface area contributed by atoms with Gasteiger partial charge in [0.2, 0.25) is 23.0 Å². The number of carbonyl (C=O) groups excluding carboxylic acids is 1. The predicted octanol–water partition coefficient (Wildman–Crippen LogP) is 5.01. The number of aromatic hydroxyl groups is 2. The van der Waals surface area contributed by atoms with Crippen molar-refractivity contribution in [2.24, 2.45) is 0 Å². The first-order chi connectivity index (χ1) is 15.6. The van der Waals surface area contributed by atoms with Crippen molar-refractivity contribution < 1.29 is 34.3 Å². The molecule has 2 N–H and O–H groups in total. The van der Waals surface area contributed by atoms with Crippen molar-refractivity contribution in [2.45, 2.75) is 5.60 Å². The van der Waals surface area contributed by atoms with Gasteiger partial charge in [0, 0.05) is 5.56 Å². The van der Waals surface area contributed by atoms with Gasteiger partial charge >= 0.3 is 17.3 Å². The van der Waals surface area contributed by atoms with E-state index in [-0.39, 0.29) is 31.2 Å². The Morgan fingerprint density at radius 1 is 0.848 bits per heavy atom. The molecule has 0 aliphatic carbocycles. The molecule has 0 radical (unpaired) electrons. The number of hydrogen-bond donors (Lipinski definition) is 2. The third kappa shape index (κ3) is 2.63. The molecule has 0 saturated carbocycles. The van der Waals surface area contributed by atoms with Gasteiger partial charge in [-0.1, -0.05) is 18.2 Å². The molecule has 33 heavy (non-hydrogen) atoms. The second kappa shape index (κ2) is 6.89. The molecule has 0 atom stereocenters. The van der Waals surface area contributed by atoms with Crippen LogP contribution in [-0.4, -0.2) is 26.0 Å². The standard InChI is InChI=1S/C20H8Br2N2O9/c21-11-5-9-17(13(15(11)25)23(28)29)32-18-10(6-12(22)16(26)14(18)24(30)31)20(9)8-4-2-1-3-7(8)19(27)33-20/h1-6,25-26H. The van der Waals surface area contributed by atoms with Crippen molar-refractivity contribution in [3.63, 3.8) is 0 Å². The molecule has 0 aromatic heterocycles. The molecule has 0 saturated heterocycles. The van der Waals surface area contributed by atoms with Crippen LogP contribution in [0.25, 0.3) is 0 Å². The molecule has 3 aromatic carbocycles. The van der Waals surface area contributed by atoms with Crippen LogP contribution in [0, 0.1) is 20.2 Å². The van der Waals surface area contributed by atoms with Gasteiger partial charge in [0.15, 0.2) is 5.60 Å². The number of hydrogen-bond acceptors (Lipinski definition) is 9. The molecule has 1 spiro atoms. The number of nitro groups is 2. The number of ether oxygens (including phenoxy) is 2. The molecule has 0 fully saturated rings. The van der Waals surface area contributed by atoms with E-state index in [0.29, 0.717) is 0 Å². The van der Waals surface area contributed by atoms with Crippen molar-refractivity contribution in [3.8, 4) is 23.0 Å². The van der Waals surface area contributed by atoms with Crippen LogP contribution in [-0.2, 0) is 10.3 Å². The van der Waals surface area contributed by atoms with Gasteiger partial charge in [-0.3, -0.25) is 20.2 Å². The molecular formula is C20H8Br2N2O9. The van der Waals surface area contributed by atoms with E-state index in [1.807, 2.05) is 0 Å². The lowest BCUT2D eigenvalue weighted by molar-refractivity contribution is -0.388. The zero-order valence-electron chi connectivity index (χ0n) is 15.9. The number of phenolic OH excluding ortho intramolecular Hbond substituents is 2. The number of rotatable bonds is 2. The molecule has 166 valence electrons. The van der Waals surface area contributed by atoms with Crippen LogP contribution < -0.4 is 4.74 Å². The summed E-state index contributed by atoms with van der Waals surface area (Å²) in [7, 11) is 0. The van der Waals surface area contributed by atoms with Gasteiger partial charge in [0.05, 0.1) is 35.5 Å². The maximum atomic E-state index is 12.8. The Bertz CT molecular complexity index is 1380.